The molecule has 1 N–H and O–H groups in total. The van der Waals surface area contributed by atoms with Gasteiger partial charge in [0.15, 0.2) is 0 Å². The number of anilines is 1. The van der Waals surface area contributed by atoms with Crippen LogP contribution < -0.4 is 9.46 Å². The lowest BCUT2D eigenvalue weighted by atomic mass is 10.1. The second-order valence-corrected chi connectivity index (χ2v) is 5.36. The van der Waals surface area contributed by atoms with E-state index in [1.165, 1.54) is 6.92 Å². The minimum atomic E-state index is -3.40. The summed E-state index contributed by atoms with van der Waals surface area (Å²) in [5, 5.41) is 0. The number of rotatable bonds is 2. The molecule has 1 aromatic rings. The third-order valence-electron chi connectivity index (χ3n) is 2.13. The molecule has 0 atom stereocenters. The van der Waals surface area contributed by atoms with Gasteiger partial charge in [-0.3, -0.25) is 9.52 Å². The van der Waals surface area contributed by atoms with E-state index in [-0.39, 0.29) is 18.1 Å². The van der Waals surface area contributed by atoms with E-state index in [1.807, 2.05) is 0 Å². The van der Waals surface area contributed by atoms with Crippen LogP contribution in [0.5, 0.6) is 5.75 Å². The van der Waals surface area contributed by atoms with Crippen LogP contribution in [0.4, 0.5) is 5.69 Å². The molecule has 1 heterocycles. The van der Waals surface area contributed by atoms with E-state index in [0.717, 1.165) is 5.56 Å². The molecule has 0 amide bonds. The first-order valence-corrected chi connectivity index (χ1v) is 6.37. The van der Waals surface area contributed by atoms with Crippen LogP contribution in [0.2, 0.25) is 0 Å². The van der Waals surface area contributed by atoms with Crippen molar-refractivity contribution in [1.29, 1.82) is 0 Å². The van der Waals surface area contributed by atoms with E-state index in [4.69, 9.17) is 4.74 Å². The van der Waals surface area contributed by atoms with E-state index in [9.17, 15) is 13.2 Å². The number of sulfonamides is 1. The molecule has 0 aromatic heterocycles. The Bertz CT molecular complexity index is 536. The molecule has 0 aliphatic carbocycles. The standard InChI is InChI=1S/C10H11NO4S/c1-7(12)4-8-2-3-10-9(5-8)11-16(13,14)6-15-10/h2-3,5,11H,4,6H2,1H3. The Labute approximate surface area is 93.5 Å². The largest absolute Gasteiger partial charge is 0.474 e. The lowest BCUT2D eigenvalue weighted by Crippen LogP contribution is -2.25. The van der Waals surface area contributed by atoms with Crippen LogP contribution in [-0.2, 0) is 21.2 Å². The Kier molecular flexibility index (Phi) is 2.59. The molecule has 16 heavy (non-hydrogen) atoms. The summed E-state index contributed by atoms with van der Waals surface area (Å²) in [5.74, 6) is 0.146. The zero-order valence-corrected chi connectivity index (χ0v) is 9.50. The van der Waals surface area contributed by atoms with Gasteiger partial charge in [0.05, 0.1) is 5.69 Å². The lowest BCUT2D eigenvalue weighted by Gasteiger charge is -2.19. The predicted molar refractivity (Wildman–Crippen MR) is 58.9 cm³/mol. The van der Waals surface area contributed by atoms with Gasteiger partial charge < -0.3 is 4.74 Å². The van der Waals surface area contributed by atoms with Gasteiger partial charge in [0.1, 0.15) is 11.5 Å². The molecule has 0 radical (unpaired) electrons. The molecule has 0 unspecified atom stereocenters. The molecule has 5 nitrogen and oxygen atoms in total. The van der Waals surface area contributed by atoms with Crippen molar-refractivity contribution < 1.29 is 17.9 Å². The van der Waals surface area contributed by atoms with Crippen LogP contribution in [0.3, 0.4) is 0 Å². The minimum absolute atomic E-state index is 0.0273. The van der Waals surface area contributed by atoms with Crippen LogP contribution in [-0.4, -0.2) is 20.1 Å². The van der Waals surface area contributed by atoms with E-state index < -0.39 is 10.0 Å². The lowest BCUT2D eigenvalue weighted by molar-refractivity contribution is -0.116. The first-order chi connectivity index (χ1) is 7.46. The van der Waals surface area contributed by atoms with Gasteiger partial charge >= 0.3 is 0 Å². The van der Waals surface area contributed by atoms with Crippen LogP contribution in [0.15, 0.2) is 18.2 Å². The highest BCUT2D eigenvalue weighted by atomic mass is 32.2. The van der Waals surface area contributed by atoms with Crippen molar-refractivity contribution in [3.05, 3.63) is 23.8 Å². The summed E-state index contributed by atoms with van der Waals surface area (Å²) in [7, 11) is -3.40. The summed E-state index contributed by atoms with van der Waals surface area (Å²) in [4.78, 5) is 10.9. The second kappa shape index (κ2) is 3.79. The number of nitrogens with one attached hydrogen (secondary N) is 1. The second-order valence-electron chi connectivity index (χ2n) is 3.69. The van der Waals surface area contributed by atoms with Crippen LogP contribution in [0.1, 0.15) is 12.5 Å². The molecular weight excluding hydrogens is 230 g/mol. The van der Waals surface area contributed by atoms with Gasteiger partial charge in [-0.15, -0.1) is 0 Å². The number of fused-ring (bicyclic) bond motifs is 1. The van der Waals surface area contributed by atoms with E-state index in [0.29, 0.717) is 11.4 Å². The molecule has 1 aliphatic rings. The maximum Gasteiger partial charge on any atom is 0.268 e. The molecule has 0 saturated carbocycles. The monoisotopic (exact) mass is 241 g/mol. The van der Waals surface area contributed by atoms with Crippen LogP contribution in [0, 0.1) is 0 Å². The van der Waals surface area contributed by atoms with Crippen molar-refractivity contribution in [2.45, 2.75) is 13.3 Å². The maximum atomic E-state index is 11.2. The average Bonchev–Trinajstić information content (AvgIpc) is 2.14. The highest BCUT2D eigenvalue weighted by Gasteiger charge is 2.21. The molecular formula is C10H11NO4S. The fourth-order valence-corrected chi connectivity index (χ4v) is 2.35. The Balaban J connectivity index is 2.34. The van der Waals surface area contributed by atoms with Crippen molar-refractivity contribution in [1.82, 2.24) is 0 Å². The Morgan fingerprint density at radius 2 is 2.25 bits per heavy atom. The molecule has 6 heteroatoms. The van der Waals surface area contributed by atoms with Crippen LogP contribution in [0.25, 0.3) is 0 Å². The van der Waals surface area contributed by atoms with Gasteiger partial charge in [0, 0.05) is 6.42 Å². The van der Waals surface area contributed by atoms with E-state index in [2.05, 4.69) is 4.72 Å². The number of carbonyl (C=O) groups excluding carboxylic acids is 1. The molecule has 0 saturated heterocycles. The summed E-state index contributed by atoms with van der Waals surface area (Å²) in [6.45, 7) is 1.49. The predicted octanol–water partition coefficient (Wildman–Crippen LogP) is 0.910. The summed E-state index contributed by atoms with van der Waals surface area (Å²) in [6.07, 6.45) is 0.287. The first kappa shape index (κ1) is 10.9. The van der Waals surface area contributed by atoms with E-state index >= 15 is 0 Å². The van der Waals surface area contributed by atoms with Gasteiger partial charge in [-0.1, -0.05) is 6.07 Å². The fraction of sp³-hybridized carbons (Fsp3) is 0.300. The number of ketones is 1. The normalized spacial score (nSPS) is 16.8. The van der Waals surface area contributed by atoms with Crippen molar-refractivity contribution in [3.8, 4) is 5.75 Å². The zero-order valence-electron chi connectivity index (χ0n) is 8.69. The van der Waals surface area contributed by atoms with Crippen molar-refractivity contribution in [3.63, 3.8) is 0 Å². The van der Waals surface area contributed by atoms with Crippen LogP contribution >= 0.6 is 0 Å². The Morgan fingerprint density at radius 1 is 1.50 bits per heavy atom. The third kappa shape index (κ3) is 2.33. The average molecular weight is 241 g/mol. The zero-order chi connectivity index (χ0) is 11.8. The first-order valence-electron chi connectivity index (χ1n) is 4.72. The number of carbonyl (C=O) groups is 1. The number of hydrogen-bond acceptors (Lipinski definition) is 4. The highest BCUT2D eigenvalue weighted by molar-refractivity contribution is 7.92. The SMILES string of the molecule is CC(=O)Cc1ccc2c(c1)NS(=O)(=O)CO2. The smallest absolute Gasteiger partial charge is 0.268 e. The summed E-state index contributed by atoms with van der Waals surface area (Å²) in [5.41, 5.74) is 1.16. The molecule has 1 aliphatic heterocycles. The molecule has 0 fully saturated rings. The number of ether oxygens (including phenoxy) is 1. The fourth-order valence-electron chi connectivity index (χ4n) is 1.52. The quantitative estimate of drug-likeness (QED) is 0.835. The molecule has 0 bridgehead atoms. The number of benzene rings is 1. The number of hydrogen-bond donors (Lipinski definition) is 1. The summed E-state index contributed by atoms with van der Waals surface area (Å²) in [6, 6.07) is 5.03. The molecule has 86 valence electrons. The highest BCUT2D eigenvalue weighted by Crippen LogP contribution is 2.30. The molecule has 2 rings (SSSR count). The maximum absolute atomic E-state index is 11.2. The Morgan fingerprint density at radius 3 is 2.94 bits per heavy atom. The minimum Gasteiger partial charge on any atom is -0.474 e. The topological polar surface area (TPSA) is 72.5 Å². The number of Topliss-reactive ketones (excluding diaryl/α,β-unsaturated/α-hetero) is 1. The Hall–Kier alpha value is -1.56. The van der Waals surface area contributed by atoms with Crippen molar-refractivity contribution >= 4 is 21.5 Å². The third-order valence-corrected chi connectivity index (χ3v) is 3.09. The van der Waals surface area contributed by atoms with Gasteiger partial charge in [0.25, 0.3) is 10.0 Å². The summed E-state index contributed by atoms with van der Waals surface area (Å²) < 4.78 is 29.9. The van der Waals surface area contributed by atoms with Crippen molar-refractivity contribution in [2.75, 3.05) is 10.7 Å². The molecule has 0 spiro atoms. The summed E-state index contributed by atoms with van der Waals surface area (Å²) >= 11 is 0. The van der Waals surface area contributed by atoms with Gasteiger partial charge in [0.2, 0.25) is 5.94 Å². The molecule has 1 aromatic carbocycles. The van der Waals surface area contributed by atoms with Gasteiger partial charge in [-0.05, 0) is 24.6 Å². The van der Waals surface area contributed by atoms with Gasteiger partial charge in [-0.25, -0.2) is 8.42 Å². The van der Waals surface area contributed by atoms with Gasteiger partial charge in [-0.2, -0.15) is 0 Å². The van der Waals surface area contributed by atoms with E-state index in [1.54, 1.807) is 18.2 Å². The van der Waals surface area contributed by atoms with Crippen molar-refractivity contribution in [2.24, 2.45) is 0 Å².